The Bertz CT molecular complexity index is 211. The molecule has 0 radical (unpaired) electrons. The molecule has 0 atom stereocenters. The monoisotopic (exact) mass is 231 g/mol. The second-order valence-corrected chi connectivity index (χ2v) is 15.2. The van der Waals surface area contributed by atoms with Crippen LogP contribution in [-0.4, -0.2) is 41.4 Å². The van der Waals surface area contributed by atoms with Gasteiger partial charge in [-0.15, -0.1) is 0 Å². The lowest BCUT2D eigenvalue weighted by Crippen LogP contribution is -2.51. The molecule has 0 fully saturated rings. The fraction of sp³-hybridized carbons (Fsp3) is 0.889. The molecule has 0 unspecified atom stereocenters. The zero-order valence-corrected chi connectivity index (χ0v) is 12.9. The van der Waals surface area contributed by atoms with Gasteiger partial charge in [-0.05, 0) is 19.6 Å². The summed E-state index contributed by atoms with van der Waals surface area (Å²) in [5.41, 5.74) is 0. The number of nitrogens with zero attached hydrogens (tertiary/aromatic N) is 2. The van der Waals surface area contributed by atoms with Gasteiger partial charge in [0.05, 0.1) is 0 Å². The quantitative estimate of drug-likeness (QED) is 0.448. The van der Waals surface area contributed by atoms with Crippen LogP contribution in [0, 0.1) is 0 Å². The predicted octanol–water partition coefficient (Wildman–Crippen LogP) is 2.16. The van der Waals surface area contributed by atoms with Gasteiger partial charge in [-0.25, -0.2) is 0 Å². The number of hydrogen-bond acceptors (Lipinski definition) is 1. The van der Waals surface area contributed by atoms with E-state index in [4.69, 9.17) is 4.66 Å². The summed E-state index contributed by atoms with van der Waals surface area (Å²) < 4.78 is 4.80. The zero-order valence-electron chi connectivity index (χ0n) is 10.9. The summed E-state index contributed by atoms with van der Waals surface area (Å²) in [4.78, 5) is 5.64. The summed E-state index contributed by atoms with van der Waals surface area (Å²) in [6.07, 6.45) is 0. The molecule has 14 heavy (non-hydrogen) atoms. The van der Waals surface area contributed by atoms with E-state index in [0.29, 0.717) is 0 Å². The second-order valence-electron chi connectivity index (χ2n) is 5.88. The molecule has 1 N–H and O–H groups in total. The van der Waals surface area contributed by atoms with E-state index in [1.54, 1.807) is 0 Å². The third-order valence-corrected chi connectivity index (χ3v) is 3.21. The number of nitrogens with one attached hydrogen (secondary N) is 1. The van der Waals surface area contributed by atoms with Crippen molar-refractivity contribution in [3.8, 4) is 0 Å². The molecule has 0 spiro atoms. The molecular formula is C9H25N3Si2. The fourth-order valence-corrected chi connectivity index (χ4v) is 2.85. The first-order valence-corrected chi connectivity index (χ1v) is 12.0. The Morgan fingerprint density at radius 1 is 1.00 bits per heavy atom. The highest BCUT2D eigenvalue weighted by molar-refractivity contribution is 6.78. The molecule has 0 saturated carbocycles. The Balaban J connectivity index is 4.71. The molecule has 3 nitrogen and oxygen atoms in total. The molecule has 0 bridgehead atoms. The first kappa shape index (κ1) is 13.7. The smallest absolute Gasteiger partial charge is 0.176 e. The van der Waals surface area contributed by atoms with Crippen LogP contribution in [0.1, 0.15) is 0 Å². The van der Waals surface area contributed by atoms with Gasteiger partial charge >= 0.3 is 0 Å². The molecule has 0 aliphatic carbocycles. The molecule has 5 heteroatoms. The number of rotatable bonds is 2. The van der Waals surface area contributed by atoms with Crippen LogP contribution in [0.25, 0.3) is 0 Å². The van der Waals surface area contributed by atoms with Crippen molar-refractivity contribution in [1.82, 2.24) is 9.88 Å². The molecule has 0 rings (SSSR count). The van der Waals surface area contributed by atoms with Gasteiger partial charge in [0, 0.05) is 14.1 Å². The van der Waals surface area contributed by atoms with Crippen LogP contribution < -0.4 is 4.98 Å². The molecule has 0 amide bonds. The number of guanidine groups is 1. The summed E-state index contributed by atoms with van der Waals surface area (Å²) >= 11 is 0. The highest BCUT2D eigenvalue weighted by atomic mass is 28.3. The Hall–Kier alpha value is -0.296. The van der Waals surface area contributed by atoms with Crippen molar-refractivity contribution in [2.24, 2.45) is 4.66 Å². The van der Waals surface area contributed by atoms with Crippen LogP contribution in [0.3, 0.4) is 0 Å². The predicted molar refractivity (Wildman–Crippen MR) is 70.9 cm³/mol. The van der Waals surface area contributed by atoms with Gasteiger partial charge in [0.2, 0.25) is 0 Å². The lowest BCUT2D eigenvalue weighted by molar-refractivity contribution is 0.606. The molecule has 0 aliphatic rings. The van der Waals surface area contributed by atoms with E-state index in [1.165, 1.54) is 0 Å². The average molecular weight is 231 g/mol. The third kappa shape index (κ3) is 7.14. The van der Waals surface area contributed by atoms with E-state index in [9.17, 15) is 0 Å². The molecule has 0 aromatic carbocycles. The van der Waals surface area contributed by atoms with Crippen LogP contribution in [0.15, 0.2) is 4.66 Å². The van der Waals surface area contributed by atoms with Crippen molar-refractivity contribution in [3.05, 3.63) is 0 Å². The van der Waals surface area contributed by atoms with Crippen LogP contribution in [0.2, 0.25) is 39.3 Å². The van der Waals surface area contributed by atoms with Crippen molar-refractivity contribution in [2.45, 2.75) is 39.3 Å². The van der Waals surface area contributed by atoms with Gasteiger partial charge in [-0.2, -0.15) is 0 Å². The van der Waals surface area contributed by atoms with Gasteiger partial charge in [-0.3, -0.25) is 4.66 Å². The molecule has 0 saturated heterocycles. The number of hydrogen-bond donors (Lipinski definition) is 1. The van der Waals surface area contributed by atoms with Gasteiger partial charge in [0.25, 0.3) is 0 Å². The third-order valence-electron chi connectivity index (χ3n) is 1.35. The Morgan fingerprint density at radius 2 is 1.43 bits per heavy atom. The normalized spacial score (nSPS) is 14.1. The maximum absolute atomic E-state index is 4.80. The highest BCUT2D eigenvalue weighted by Gasteiger charge is 2.19. The summed E-state index contributed by atoms with van der Waals surface area (Å²) in [7, 11) is 1.44. The van der Waals surface area contributed by atoms with E-state index in [0.717, 1.165) is 5.96 Å². The van der Waals surface area contributed by atoms with Crippen LogP contribution >= 0.6 is 0 Å². The molecule has 0 heterocycles. The van der Waals surface area contributed by atoms with E-state index < -0.39 is 16.5 Å². The minimum Gasteiger partial charge on any atom is -0.383 e. The fourth-order valence-electron chi connectivity index (χ4n) is 0.893. The summed E-state index contributed by atoms with van der Waals surface area (Å²) in [6, 6.07) is 0. The minimum absolute atomic E-state index is 1.06. The van der Waals surface area contributed by atoms with E-state index in [2.05, 4.69) is 49.2 Å². The standard InChI is InChI=1S/C9H25N3Si2/c1-12(2)9(10-13(3,4)5)11-14(6,7)8/h1-8H3,(H,10,11). The highest BCUT2D eigenvalue weighted by Crippen LogP contribution is 2.04. The van der Waals surface area contributed by atoms with Gasteiger partial charge in [0.15, 0.2) is 14.2 Å². The van der Waals surface area contributed by atoms with Gasteiger partial charge < -0.3 is 9.88 Å². The average Bonchev–Trinajstić information content (AvgIpc) is 1.78. The van der Waals surface area contributed by atoms with Crippen LogP contribution in [0.5, 0.6) is 0 Å². The van der Waals surface area contributed by atoms with Crippen molar-refractivity contribution < 1.29 is 0 Å². The Kier molecular flexibility index (Phi) is 4.39. The molecule has 0 aliphatic heterocycles. The molecule has 0 aromatic rings. The van der Waals surface area contributed by atoms with E-state index in [1.807, 2.05) is 14.1 Å². The second kappa shape index (κ2) is 4.48. The Morgan fingerprint density at radius 3 is 1.64 bits per heavy atom. The largest absolute Gasteiger partial charge is 0.383 e. The van der Waals surface area contributed by atoms with Crippen LogP contribution in [0.4, 0.5) is 0 Å². The molecule has 0 aromatic heterocycles. The topological polar surface area (TPSA) is 27.6 Å². The maximum atomic E-state index is 4.80. The zero-order chi connectivity index (χ0) is 11.6. The Labute approximate surface area is 90.8 Å². The summed E-state index contributed by atoms with van der Waals surface area (Å²) in [5.74, 6) is 1.06. The lowest BCUT2D eigenvalue weighted by atomic mass is 10.8. The lowest BCUT2D eigenvalue weighted by Gasteiger charge is -2.28. The summed E-state index contributed by atoms with van der Waals surface area (Å²) in [5, 5.41) is 0. The van der Waals surface area contributed by atoms with Gasteiger partial charge in [0.1, 0.15) is 8.24 Å². The molecule has 84 valence electrons. The summed E-state index contributed by atoms with van der Waals surface area (Å²) in [6.45, 7) is 13.6. The van der Waals surface area contributed by atoms with Crippen molar-refractivity contribution in [1.29, 1.82) is 0 Å². The SMILES string of the molecule is CN(C)C(=N[Si](C)(C)C)N[Si](C)(C)C. The van der Waals surface area contributed by atoms with Crippen LogP contribution in [-0.2, 0) is 0 Å². The van der Waals surface area contributed by atoms with Gasteiger partial charge in [-0.1, -0.05) is 19.6 Å². The first-order valence-electron chi connectivity index (χ1n) is 5.07. The van der Waals surface area contributed by atoms with E-state index in [-0.39, 0.29) is 0 Å². The minimum atomic E-state index is -1.38. The van der Waals surface area contributed by atoms with Crippen molar-refractivity contribution in [2.75, 3.05) is 14.1 Å². The van der Waals surface area contributed by atoms with E-state index >= 15 is 0 Å². The van der Waals surface area contributed by atoms with Crippen molar-refractivity contribution >= 4 is 22.4 Å². The maximum Gasteiger partial charge on any atom is 0.176 e. The first-order chi connectivity index (χ1) is 6.01. The van der Waals surface area contributed by atoms with Crippen molar-refractivity contribution in [3.63, 3.8) is 0 Å². The molecular weight excluding hydrogens is 206 g/mol.